The van der Waals surface area contributed by atoms with E-state index in [1.807, 2.05) is 19.9 Å². The Labute approximate surface area is 153 Å². The van der Waals surface area contributed by atoms with Crippen LogP contribution in [0.1, 0.15) is 35.8 Å². The molecule has 1 aromatic heterocycles. The maximum absolute atomic E-state index is 14.1. The molecule has 24 heavy (non-hydrogen) atoms. The number of H-pyrrole nitrogens is 1. The summed E-state index contributed by atoms with van der Waals surface area (Å²) in [6, 6.07) is 11.5. The molecule has 3 aromatic rings. The van der Waals surface area contributed by atoms with Gasteiger partial charge in [0.2, 0.25) is 0 Å². The topological polar surface area (TPSA) is 57.8 Å². The smallest absolute Gasteiger partial charge is 0.251 e. The fraction of sp³-hybridized carbons (Fsp3) is 0.222. The summed E-state index contributed by atoms with van der Waals surface area (Å²) in [7, 11) is 0. The van der Waals surface area contributed by atoms with Gasteiger partial charge in [0.05, 0.1) is 11.6 Å². The number of aromatic amines is 1. The van der Waals surface area contributed by atoms with Crippen LogP contribution in [-0.2, 0) is 0 Å². The van der Waals surface area contributed by atoms with Crippen molar-refractivity contribution in [3.05, 3.63) is 63.1 Å². The Kier molecular flexibility index (Phi) is 4.84. The summed E-state index contributed by atoms with van der Waals surface area (Å²) in [5.74, 6) is -0.476. The van der Waals surface area contributed by atoms with E-state index in [-0.39, 0.29) is 17.6 Å². The van der Waals surface area contributed by atoms with Crippen molar-refractivity contribution in [2.45, 2.75) is 19.9 Å². The van der Waals surface area contributed by atoms with Crippen molar-refractivity contribution >= 4 is 39.4 Å². The number of hydrogen-bond acceptors (Lipinski definition) is 2. The Hall–Kier alpha value is -1.96. The fourth-order valence-electron chi connectivity index (χ4n) is 2.68. The number of aromatic nitrogens is 2. The average molecular weight is 437 g/mol. The number of carbonyl (C=O) groups is 1. The molecule has 4 nitrogen and oxygen atoms in total. The van der Waals surface area contributed by atoms with E-state index in [4.69, 9.17) is 0 Å². The van der Waals surface area contributed by atoms with Crippen LogP contribution in [0.4, 0.5) is 4.39 Å². The standard InChI is InChI=1S/C18H17FIN3O/c1-10(2)16(12-5-3-4-6-14(12)19)21-18(24)11-7-8-15-13(9-11)17(20)23-22-15/h3-10,16H,1-2H3,(H,21,24)(H,22,23). The number of amides is 1. The van der Waals surface area contributed by atoms with E-state index in [0.29, 0.717) is 11.1 Å². The molecular formula is C18H17FIN3O. The maximum Gasteiger partial charge on any atom is 0.251 e. The lowest BCUT2D eigenvalue weighted by Crippen LogP contribution is -2.32. The molecule has 6 heteroatoms. The van der Waals surface area contributed by atoms with Crippen molar-refractivity contribution in [1.29, 1.82) is 0 Å². The molecule has 0 aliphatic heterocycles. The predicted octanol–water partition coefficient (Wildman–Crippen LogP) is 4.43. The Morgan fingerprint density at radius 3 is 2.71 bits per heavy atom. The number of nitrogens with one attached hydrogen (secondary N) is 2. The molecule has 1 atom stereocenters. The zero-order valence-corrected chi connectivity index (χ0v) is 15.5. The molecule has 0 bridgehead atoms. The van der Waals surface area contributed by atoms with Gasteiger partial charge < -0.3 is 5.32 Å². The highest BCUT2D eigenvalue weighted by Gasteiger charge is 2.22. The lowest BCUT2D eigenvalue weighted by atomic mass is 9.95. The van der Waals surface area contributed by atoms with Crippen LogP contribution in [0.25, 0.3) is 10.9 Å². The van der Waals surface area contributed by atoms with Crippen molar-refractivity contribution in [3.63, 3.8) is 0 Å². The molecule has 0 aliphatic rings. The zero-order valence-electron chi connectivity index (χ0n) is 13.3. The molecule has 1 amide bonds. The van der Waals surface area contributed by atoms with E-state index < -0.39 is 6.04 Å². The van der Waals surface area contributed by atoms with Crippen molar-refractivity contribution in [2.75, 3.05) is 0 Å². The molecule has 0 saturated heterocycles. The summed E-state index contributed by atoms with van der Waals surface area (Å²) in [5.41, 5.74) is 1.91. The van der Waals surface area contributed by atoms with Gasteiger partial charge >= 0.3 is 0 Å². The monoisotopic (exact) mass is 437 g/mol. The molecular weight excluding hydrogens is 420 g/mol. The molecule has 1 heterocycles. The van der Waals surface area contributed by atoms with E-state index in [0.717, 1.165) is 14.6 Å². The average Bonchev–Trinajstić information content (AvgIpc) is 2.94. The minimum absolute atomic E-state index is 0.0589. The maximum atomic E-state index is 14.1. The van der Waals surface area contributed by atoms with E-state index in [9.17, 15) is 9.18 Å². The van der Waals surface area contributed by atoms with Gasteiger partial charge in [-0.1, -0.05) is 32.0 Å². The SMILES string of the molecule is CC(C)C(NC(=O)c1ccc2[nH]nc(I)c2c1)c1ccccc1F. The van der Waals surface area contributed by atoms with E-state index in [2.05, 4.69) is 38.1 Å². The van der Waals surface area contributed by atoms with Crippen LogP contribution in [0.15, 0.2) is 42.5 Å². The molecule has 0 radical (unpaired) electrons. The number of fused-ring (bicyclic) bond motifs is 1. The Morgan fingerprint density at radius 1 is 1.25 bits per heavy atom. The van der Waals surface area contributed by atoms with Gasteiger partial charge in [-0.3, -0.25) is 9.89 Å². The molecule has 124 valence electrons. The summed E-state index contributed by atoms with van der Waals surface area (Å²) >= 11 is 2.12. The molecule has 0 fully saturated rings. The number of rotatable bonds is 4. The summed E-state index contributed by atoms with van der Waals surface area (Å²) in [5, 5.41) is 10.9. The molecule has 0 saturated carbocycles. The number of halogens is 2. The van der Waals surface area contributed by atoms with Crippen molar-refractivity contribution in [3.8, 4) is 0 Å². The van der Waals surface area contributed by atoms with Crippen LogP contribution in [0.2, 0.25) is 0 Å². The van der Waals surface area contributed by atoms with Gasteiger partial charge in [-0.05, 0) is 52.8 Å². The third-order valence-electron chi connectivity index (χ3n) is 3.97. The van der Waals surface area contributed by atoms with Crippen molar-refractivity contribution in [1.82, 2.24) is 15.5 Å². The molecule has 0 aliphatic carbocycles. The number of benzene rings is 2. The summed E-state index contributed by atoms with van der Waals surface area (Å²) < 4.78 is 14.9. The minimum Gasteiger partial charge on any atom is -0.345 e. The van der Waals surface area contributed by atoms with Gasteiger partial charge in [0, 0.05) is 16.5 Å². The minimum atomic E-state index is -0.391. The van der Waals surface area contributed by atoms with Gasteiger partial charge in [-0.2, -0.15) is 5.10 Å². The summed E-state index contributed by atoms with van der Waals surface area (Å²) in [6.45, 7) is 3.92. The fourth-order valence-corrected chi connectivity index (χ4v) is 3.25. The number of hydrogen-bond donors (Lipinski definition) is 2. The first-order chi connectivity index (χ1) is 11.5. The van der Waals surface area contributed by atoms with Crippen LogP contribution >= 0.6 is 22.6 Å². The van der Waals surface area contributed by atoms with Gasteiger partial charge in [0.25, 0.3) is 5.91 Å². The van der Waals surface area contributed by atoms with Gasteiger partial charge in [0.15, 0.2) is 0 Å². The number of carbonyl (C=O) groups excluding carboxylic acids is 1. The quantitative estimate of drug-likeness (QED) is 0.594. The number of nitrogens with zero attached hydrogens (tertiary/aromatic N) is 1. The van der Waals surface area contributed by atoms with Crippen molar-refractivity contribution in [2.24, 2.45) is 5.92 Å². The first kappa shape index (κ1) is 16.9. The van der Waals surface area contributed by atoms with Crippen LogP contribution in [0.3, 0.4) is 0 Å². The Morgan fingerprint density at radius 2 is 2.00 bits per heavy atom. The van der Waals surface area contributed by atoms with Gasteiger partial charge in [-0.15, -0.1) is 0 Å². The second-order valence-corrected chi connectivity index (χ2v) is 7.01. The predicted molar refractivity (Wildman–Crippen MR) is 100 cm³/mol. The highest BCUT2D eigenvalue weighted by Crippen LogP contribution is 2.25. The van der Waals surface area contributed by atoms with E-state index in [1.54, 1.807) is 30.3 Å². The Bertz CT molecular complexity index is 891. The second-order valence-electron chi connectivity index (χ2n) is 5.99. The summed E-state index contributed by atoms with van der Waals surface area (Å²) in [4.78, 5) is 12.7. The molecule has 0 spiro atoms. The highest BCUT2D eigenvalue weighted by molar-refractivity contribution is 14.1. The lowest BCUT2D eigenvalue weighted by Gasteiger charge is -2.23. The molecule has 2 aromatic carbocycles. The van der Waals surface area contributed by atoms with Gasteiger partial charge in [-0.25, -0.2) is 4.39 Å². The van der Waals surface area contributed by atoms with Crippen molar-refractivity contribution < 1.29 is 9.18 Å². The van der Waals surface area contributed by atoms with E-state index >= 15 is 0 Å². The normalized spacial score (nSPS) is 12.5. The Balaban J connectivity index is 1.90. The molecule has 1 unspecified atom stereocenters. The lowest BCUT2D eigenvalue weighted by molar-refractivity contribution is 0.0925. The second kappa shape index (κ2) is 6.88. The largest absolute Gasteiger partial charge is 0.345 e. The third-order valence-corrected chi connectivity index (χ3v) is 4.79. The molecule has 3 rings (SSSR count). The zero-order chi connectivity index (χ0) is 17.3. The summed E-state index contributed by atoms with van der Waals surface area (Å²) in [6.07, 6.45) is 0. The third kappa shape index (κ3) is 3.28. The van der Waals surface area contributed by atoms with Crippen LogP contribution in [0.5, 0.6) is 0 Å². The first-order valence-electron chi connectivity index (χ1n) is 7.66. The van der Waals surface area contributed by atoms with Crippen LogP contribution < -0.4 is 5.32 Å². The van der Waals surface area contributed by atoms with Gasteiger partial charge in [0.1, 0.15) is 9.52 Å². The molecule has 2 N–H and O–H groups in total. The van der Waals surface area contributed by atoms with Crippen LogP contribution in [-0.4, -0.2) is 16.1 Å². The highest BCUT2D eigenvalue weighted by atomic mass is 127. The van der Waals surface area contributed by atoms with E-state index in [1.165, 1.54) is 6.07 Å². The first-order valence-corrected chi connectivity index (χ1v) is 8.74. The van der Waals surface area contributed by atoms with Crippen LogP contribution in [0, 0.1) is 15.4 Å².